The van der Waals surface area contributed by atoms with E-state index in [2.05, 4.69) is 10.4 Å². The molecule has 0 aromatic carbocycles. The van der Waals surface area contributed by atoms with Gasteiger partial charge in [-0.25, -0.2) is 4.79 Å². The van der Waals surface area contributed by atoms with E-state index in [0.29, 0.717) is 63.3 Å². The Morgan fingerprint density at radius 1 is 1.34 bits per heavy atom. The highest BCUT2D eigenvalue weighted by Gasteiger charge is 2.23. The van der Waals surface area contributed by atoms with Crippen molar-refractivity contribution in [3.05, 3.63) is 40.2 Å². The summed E-state index contributed by atoms with van der Waals surface area (Å²) in [6, 6.07) is 0. The van der Waals surface area contributed by atoms with Crippen LogP contribution < -0.4 is 5.32 Å². The maximum Gasteiger partial charge on any atom is 0.334 e. The molecule has 158 valence electrons. The normalized spacial score (nSPS) is 17.7. The van der Waals surface area contributed by atoms with Gasteiger partial charge in [0, 0.05) is 38.3 Å². The number of amides is 1. The van der Waals surface area contributed by atoms with Crippen LogP contribution in [0.4, 0.5) is 0 Å². The number of ether oxygens (including phenoxy) is 2. The zero-order chi connectivity index (χ0) is 20.6. The molecule has 0 saturated carbocycles. The van der Waals surface area contributed by atoms with Gasteiger partial charge in [0.05, 0.1) is 23.6 Å². The second-order valence-electron chi connectivity index (χ2n) is 7.48. The van der Waals surface area contributed by atoms with E-state index in [9.17, 15) is 9.59 Å². The lowest BCUT2D eigenvalue weighted by Gasteiger charge is -2.10. The molecule has 3 rings (SSSR count). The van der Waals surface area contributed by atoms with Crippen LogP contribution in [-0.4, -0.2) is 48.0 Å². The topological polar surface area (TPSA) is 82.5 Å². The Balaban J connectivity index is 1.63. The van der Waals surface area contributed by atoms with Gasteiger partial charge in [0.25, 0.3) is 5.91 Å². The Kier molecular flexibility index (Phi) is 7.63. The highest BCUT2D eigenvalue weighted by atomic mass is 16.5. The van der Waals surface area contributed by atoms with E-state index < -0.39 is 0 Å². The maximum atomic E-state index is 12.7. The molecule has 1 amide bonds. The first-order chi connectivity index (χ1) is 14.1. The van der Waals surface area contributed by atoms with E-state index in [1.54, 1.807) is 0 Å². The number of hydrogen-bond acceptors (Lipinski definition) is 5. The summed E-state index contributed by atoms with van der Waals surface area (Å²) in [5.41, 5.74) is 4.30. The largest absolute Gasteiger partial charge is 0.462 e. The molecule has 0 spiro atoms. The first kappa shape index (κ1) is 21.3. The van der Waals surface area contributed by atoms with Crippen LogP contribution >= 0.6 is 0 Å². The summed E-state index contributed by atoms with van der Waals surface area (Å²) in [7, 11) is 0. The SMILES string of the molecule is CCc1nn(CCCOC(=O)C2=CC(C)=CC2)c2c1C(=O)NCCCOCCC2. The molecular weight excluding hydrogens is 370 g/mol. The molecule has 0 unspecified atom stereocenters. The van der Waals surface area contributed by atoms with Crippen molar-refractivity contribution in [2.24, 2.45) is 0 Å². The van der Waals surface area contributed by atoms with E-state index in [0.717, 1.165) is 36.2 Å². The van der Waals surface area contributed by atoms with Crippen molar-refractivity contribution >= 4 is 11.9 Å². The highest BCUT2D eigenvalue weighted by Crippen LogP contribution is 2.20. The molecule has 7 nitrogen and oxygen atoms in total. The van der Waals surface area contributed by atoms with Crippen LogP contribution in [0.3, 0.4) is 0 Å². The van der Waals surface area contributed by atoms with E-state index in [4.69, 9.17) is 9.47 Å². The second kappa shape index (κ2) is 10.4. The molecule has 0 bridgehead atoms. The lowest BCUT2D eigenvalue weighted by molar-refractivity contribution is -0.139. The van der Waals surface area contributed by atoms with E-state index in [1.165, 1.54) is 0 Å². The van der Waals surface area contributed by atoms with Gasteiger partial charge >= 0.3 is 5.97 Å². The standard InChI is InChI=1S/C22H31N3O4/c1-3-18-20-19(7-4-12-28-13-5-10-23-21(20)26)25(24-18)11-6-14-29-22(27)17-9-8-16(2)15-17/h8,15H,3-7,9-14H2,1-2H3,(H,23,26). The number of aromatic nitrogens is 2. The van der Waals surface area contributed by atoms with Gasteiger partial charge in [-0.05, 0) is 45.1 Å². The molecule has 2 heterocycles. The Hall–Kier alpha value is -2.41. The fraction of sp³-hybridized carbons (Fsp3) is 0.591. The monoisotopic (exact) mass is 401 g/mol. The first-order valence-corrected chi connectivity index (χ1v) is 10.6. The molecule has 1 aliphatic carbocycles. The Morgan fingerprint density at radius 2 is 2.17 bits per heavy atom. The Morgan fingerprint density at radius 3 is 2.93 bits per heavy atom. The van der Waals surface area contributed by atoms with E-state index in [-0.39, 0.29) is 11.9 Å². The number of hydrogen-bond donors (Lipinski definition) is 1. The smallest absolute Gasteiger partial charge is 0.334 e. The number of carbonyl (C=O) groups is 2. The fourth-order valence-electron chi connectivity index (χ4n) is 3.69. The van der Waals surface area contributed by atoms with Crippen molar-refractivity contribution in [3.8, 4) is 0 Å². The van der Waals surface area contributed by atoms with Crippen LogP contribution in [0.15, 0.2) is 23.3 Å². The van der Waals surface area contributed by atoms with Crippen molar-refractivity contribution in [3.63, 3.8) is 0 Å². The number of nitrogens with zero attached hydrogens (tertiary/aromatic N) is 2. The molecule has 1 aromatic heterocycles. The summed E-state index contributed by atoms with van der Waals surface area (Å²) in [6.45, 7) is 6.89. The van der Waals surface area contributed by atoms with Gasteiger partial charge in [-0.3, -0.25) is 9.48 Å². The number of allylic oxidation sites excluding steroid dienone is 3. The van der Waals surface area contributed by atoms with Gasteiger partial charge in [0.1, 0.15) is 0 Å². The lowest BCUT2D eigenvalue weighted by Crippen LogP contribution is -2.26. The van der Waals surface area contributed by atoms with Crippen molar-refractivity contribution < 1.29 is 19.1 Å². The Bertz CT molecular complexity index is 807. The summed E-state index contributed by atoms with van der Waals surface area (Å²) >= 11 is 0. The minimum Gasteiger partial charge on any atom is -0.462 e. The zero-order valence-electron chi connectivity index (χ0n) is 17.5. The van der Waals surface area contributed by atoms with Crippen LogP contribution in [0.1, 0.15) is 61.3 Å². The molecule has 0 radical (unpaired) electrons. The molecule has 1 aliphatic heterocycles. The summed E-state index contributed by atoms with van der Waals surface area (Å²) < 4.78 is 12.9. The molecule has 1 N–H and O–H groups in total. The van der Waals surface area contributed by atoms with Gasteiger partial charge < -0.3 is 14.8 Å². The van der Waals surface area contributed by atoms with Crippen LogP contribution in [0.25, 0.3) is 0 Å². The minimum absolute atomic E-state index is 0.0486. The average molecular weight is 402 g/mol. The van der Waals surface area contributed by atoms with Gasteiger partial charge in [-0.15, -0.1) is 0 Å². The zero-order valence-corrected chi connectivity index (χ0v) is 17.5. The van der Waals surface area contributed by atoms with Gasteiger partial charge in [0.2, 0.25) is 0 Å². The van der Waals surface area contributed by atoms with Gasteiger partial charge in [-0.1, -0.05) is 18.6 Å². The number of rotatable bonds is 6. The van der Waals surface area contributed by atoms with Crippen molar-refractivity contribution in [2.75, 3.05) is 26.4 Å². The van der Waals surface area contributed by atoms with Crippen molar-refractivity contribution in [1.29, 1.82) is 0 Å². The molecule has 7 heteroatoms. The number of nitrogens with one attached hydrogen (secondary N) is 1. The fourth-order valence-corrected chi connectivity index (χ4v) is 3.69. The third-order valence-electron chi connectivity index (χ3n) is 5.20. The molecular formula is C22H31N3O4. The molecule has 1 aromatic rings. The Labute approximate surface area is 172 Å². The quantitative estimate of drug-likeness (QED) is 0.585. The first-order valence-electron chi connectivity index (χ1n) is 10.6. The van der Waals surface area contributed by atoms with Crippen LogP contribution in [0.2, 0.25) is 0 Å². The predicted octanol–water partition coefficient (Wildman–Crippen LogP) is 2.74. The number of aryl methyl sites for hydroxylation is 2. The van der Waals surface area contributed by atoms with Crippen LogP contribution in [0.5, 0.6) is 0 Å². The molecule has 29 heavy (non-hydrogen) atoms. The third kappa shape index (κ3) is 5.56. The number of fused-ring (bicyclic) bond motifs is 1. The van der Waals surface area contributed by atoms with Crippen LogP contribution in [0, 0.1) is 0 Å². The van der Waals surface area contributed by atoms with Crippen LogP contribution in [-0.2, 0) is 33.7 Å². The van der Waals surface area contributed by atoms with Crippen molar-refractivity contribution in [2.45, 2.75) is 58.9 Å². The second-order valence-corrected chi connectivity index (χ2v) is 7.48. The summed E-state index contributed by atoms with van der Waals surface area (Å²) in [4.78, 5) is 24.8. The van der Waals surface area contributed by atoms with E-state index >= 15 is 0 Å². The summed E-state index contributed by atoms with van der Waals surface area (Å²) in [6.07, 6.45) is 8.31. The number of carbonyl (C=O) groups excluding carboxylic acids is 2. The minimum atomic E-state index is -0.247. The van der Waals surface area contributed by atoms with Gasteiger partial charge in [0.15, 0.2) is 0 Å². The number of esters is 1. The molecule has 0 atom stereocenters. The maximum absolute atomic E-state index is 12.7. The lowest BCUT2D eigenvalue weighted by atomic mass is 10.1. The summed E-state index contributed by atoms with van der Waals surface area (Å²) in [5.74, 6) is -0.295. The third-order valence-corrected chi connectivity index (χ3v) is 5.20. The molecule has 0 fully saturated rings. The average Bonchev–Trinajstić information content (AvgIpc) is 3.29. The summed E-state index contributed by atoms with van der Waals surface area (Å²) in [5, 5.41) is 7.68. The predicted molar refractivity (Wildman–Crippen MR) is 110 cm³/mol. The highest BCUT2D eigenvalue weighted by molar-refractivity contribution is 5.96. The van der Waals surface area contributed by atoms with Crippen molar-refractivity contribution in [1.82, 2.24) is 15.1 Å². The van der Waals surface area contributed by atoms with E-state index in [1.807, 2.05) is 30.7 Å². The molecule has 2 aliphatic rings. The molecule has 0 saturated heterocycles. The van der Waals surface area contributed by atoms with Gasteiger partial charge in [-0.2, -0.15) is 5.10 Å².